The van der Waals surface area contributed by atoms with E-state index < -0.39 is 18.3 Å². The monoisotopic (exact) mass is 289 g/mol. The highest BCUT2D eigenvalue weighted by atomic mass is 16.3. The normalized spacial score (nSPS) is 24.9. The zero-order valence-electron chi connectivity index (χ0n) is 11.4. The fraction of sp³-hybridized carbons (Fsp3) is 0.357. The van der Waals surface area contributed by atoms with Crippen molar-refractivity contribution in [3.63, 3.8) is 0 Å². The second-order valence-electron chi connectivity index (χ2n) is 5.16. The Hall–Kier alpha value is -2.41. The van der Waals surface area contributed by atoms with Crippen LogP contribution in [-0.2, 0) is 9.59 Å². The number of carbonyl (C=O) groups excluding carboxylic acids is 3. The lowest BCUT2D eigenvalue weighted by atomic mass is 10.0. The van der Waals surface area contributed by atoms with Crippen molar-refractivity contribution in [3.8, 4) is 0 Å². The first-order chi connectivity index (χ1) is 10.0. The van der Waals surface area contributed by atoms with E-state index in [1.807, 2.05) is 0 Å². The molecule has 0 aliphatic carbocycles. The predicted molar refractivity (Wildman–Crippen MR) is 74.9 cm³/mol. The van der Waals surface area contributed by atoms with Gasteiger partial charge in [-0.15, -0.1) is 0 Å². The first kappa shape index (κ1) is 13.6. The fourth-order valence-electron chi connectivity index (χ4n) is 2.94. The van der Waals surface area contributed by atoms with E-state index >= 15 is 0 Å². The average Bonchev–Trinajstić information content (AvgIpc) is 2.72. The minimum absolute atomic E-state index is 0.228. The Morgan fingerprint density at radius 3 is 2.81 bits per heavy atom. The zero-order valence-corrected chi connectivity index (χ0v) is 11.4. The molecule has 2 heterocycles. The Morgan fingerprint density at radius 1 is 1.38 bits per heavy atom. The summed E-state index contributed by atoms with van der Waals surface area (Å²) in [6.45, 7) is 0. The van der Waals surface area contributed by atoms with Crippen LogP contribution in [0.1, 0.15) is 23.2 Å². The van der Waals surface area contributed by atoms with E-state index in [-0.39, 0.29) is 12.3 Å². The summed E-state index contributed by atoms with van der Waals surface area (Å²) in [7, 11) is 1.66. The molecule has 2 amide bonds. The molecule has 21 heavy (non-hydrogen) atoms. The van der Waals surface area contributed by atoms with Crippen LogP contribution >= 0.6 is 0 Å². The van der Waals surface area contributed by atoms with E-state index in [1.54, 1.807) is 35.0 Å². The molecule has 2 N–H and O–H groups in total. The number of nitrogens with zero attached hydrogens (tertiary/aromatic N) is 2. The molecule has 3 rings (SSSR count). The SMILES string of the molecule is CN1c2c(C=O)cccc2N(C2CCC(=O)NC2=O)C1O. The van der Waals surface area contributed by atoms with Gasteiger partial charge in [0.15, 0.2) is 6.29 Å². The summed E-state index contributed by atoms with van der Waals surface area (Å²) in [6, 6.07) is 4.47. The van der Waals surface area contributed by atoms with E-state index in [9.17, 15) is 19.5 Å². The predicted octanol–water partition coefficient (Wildman–Crippen LogP) is -0.164. The topological polar surface area (TPSA) is 90.0 Å². The van der Waals surface area contributed by atoms with Crippen LogP contribution in [0, 0.1) is 0 Å². The molecule has 0 aromatic heterocycles. The molecule has 1 fully saturated rings. The number of hydrogen-bond donors (Lipinski definition) is 2. The minimum atomic E-state index is -1.05. The third-order valence-corrected chi connectivity index (χ3v) is 3.94. The highest BCUT2D eigenvalue weighted by Crippen LogP contribution is 2.42. The van der Waals surface area contributed by atoms with Gasteiger partial charge in [0.2, 0.25) is 18.2 Å². The Kier molecular flexibility index (Phi) is 3.13. The fourth-order valence-corrected chi connectivity index (χ4v) is 2.94. The lowest BCUT2D eigenvalue weighted by molar-refractivity contribution is -0.134. The Bertz CT molecular complexity index is 631. The van der Waals surface area contributed by atoms with E-state index in [0.29, 0.717) is 23.4 Å². The van der Waals surface area contributed by atoms with Crippen LogP contribution in [0.4, 0.5) is 11.4 Å². The molecule has 110 valence electrons. The highest BCUT2D eigenvalue weighted by molar-refractivity contribution is 6.03. The molecule has 0 bridgehead atoms. The number of aliphatic hydroxyl groups excluding tert-OH is 1. The maximum absolute atomic E-state index is 12.0. The molecule has 0 radical (unpaired) electrons. The van der Waals surface area contributed by atoms with E-state index in [4.69, 9.17) is 0 Å². The molecule has 0 saturated carbocycles. The quantitative estimate of drug-likeness (QED) is 0.580. The van der Waals surface area contributed by atoms with Gasteiger partial charge in [-0.05, 0) is 18.6 Å². The van der Waals surface area contributed by atoms with Crippen molar-refractivity contribution in [2.24, 2.45) is 0 Å². The smallest absolute Gasteiger partial charge is 0.249 e. The van der Waals surface area contributed by atoms with Gasteiger partial charge < -0.3 is 14.9 Å². The summed E-state index contributed by atoms with van der Waals surface area (Å²) in [6.07, 6.45) is 0.229. The summed E-state index contributed by atoms with van der Waals surface area (Å²) in [4.78, 5) is 37.5. The van der Waals surface area contributed by atoms with Crippen LogP contribution in [-0.4, -0.2) is 42.6 Å². The van der Waals surface area contributed by atoms with Crippen molar-refractivity contribution in [3.05, 3.63) is 23.8 Å². The molecule has 7 nitrogen and oxygen atoms in total. The van der Waals surface area contributed by atoms with Gasteiger partial charge >= 0.3 is 0 Å². The second kappa shape index (κ2) is 4.85. The van der Waals surface area contributed by atoms with Gasteiger partial charge in [-0.2, -0.15) is 0 Å². The number of amides is 2. The lowest BCUT2D eigenvalue weighted by Gasteiger charge is -2.34. The first-order valence-electron chi connectivity index (χ1n) is 6.65. The number of carbonyl (C=O) groups is 3. The lowest BCUT2D eigenvalue weighted by Crippen LogP contribution is -2.56. The summed E-state index contributed by atoms with van der Waals surface area (Å²) in [5.41, 5.74) is 1.65. The summed E-state index contributed by atoms with van der Waals surface area (Å²) in [5, 5.41) is 12.7. The summed E-state index contributed by atoms with van der Waals surface area (Å²) >= 11 is 0. The van der Waals surface area contributed by atoms with Crippen LogP contribution in [0.3, 0.4) is 0 Å². The largest absolute Gasteiger partial charge is 0.356 e. The minimum Gasteiger partial charge on any atom is -0.356 e. The molecule has 2 aliphatic heterocycles. The van der Waals surface area contributed by atoms with Crippen molar-refractivity contribution in [1.29, 1.82) is 0 Å². The Morgan fingerprint density at radius 2 is 2.14 bits per heavy atom. The molecule has 2 aliphatic rings. The molecule has 1 aromatic rings. The van der Waals surface area contributed by atoms with Gasteiger partial charge in [0.25, 0.3) is 0 Å². The van der Waals surface area contributed by atoms with Gasteiger partial charge in [0.1, 0.15) is 6.04 Å². The number of hydrogen-bond acceptors (Lipinski definition) is 6. The molecule has 1 aromatic carbocycles. The third kappa shape index (κ3) is 1.97. The highest BCUT2D eigenvalue weighted by Gasteiger charge is 2.42. The van der Waals surface area contributed by atoms with Crippen LogP contribution in [0.5, 0.6) is 0 Å². The van der Waals surface area contributed by atoms with Gasteiger partial charge in [0.05, 0.1) is 11.4 Å². The summed E-state index contributed by atoms with van der Waals surface area (Å²) < 4.78 is 0. The van der Waals surface area contributed by atoms with Gasteiger partial charge in [-0.3, -0.25) is 19.7 Å². The number of piperidine rings is 1. The number of benzene rings is 1. The van der Waals surface area contributed by atoms with Crippen LogP contribution in [0.25, 0.3) is 0 Å². The van der Waals surface area contributed by atoms with Crippen molar-refractivity contribution in [1.82, 2.24) is 5.32 Å². The number of anilines is 2. The average molecular weight is 289 g/mol. The first-order valence-corrected chi connectivity index (χ1v) is 6.65. The number of nitrogens with one attached hydrogen (secondary N) is 1. The van der Waals surface area contributed by atoms with Gasteiger partial charge in [0, 0.05) is 19.0 Å². The molecule has 7 heteroatoms. The maximum Gasteiger partial charge on any atom is 0.249 e. The van der Waals surface area contributed by atoms with Crippen LogP contribution in [0.2, 0.25) is 0 Å². The second-order valence-corrected chi connectivity index (χ2v) is 5.16. The summed E-state index contributed by atoms with van der Waals surface area (Å²) in [5.74, 6) is -0.733. The van der Waals surface area contributed by atoms with Gasteiger partial charge in [-0.25, -0.2) is 0 Å². The van der Waals surface area contributed by atoms with Crippen LogP contribution in [0.15, 0.2) is 18.2 Å². The Labute approximate surface area is 121 Å². The van der Waals surface area contributed by atoms with E-state index in [2.05, 4.69) is 5.32 Å². The van der Waals surface area contributed by atoms with Crippen LogP contribution < -0.4 is 15.1 Å². The molecule has 2 unspecified atom stereocenters. The number of imide groups is 1. The molecule has 0 spiro atoms. The van der Waals surface area contributed by atoms with Crippen molar-refractivity contribution in [2.45, 2.75) is 25.2 Å². The number of fused-ring (bicyclic) bond motifs is 1. The van der Waals surface area contributed by atoms with Crippen molar-refractivity contribution < 1.29 is 19.5 Å². The maximum atomic E-state index is 12.0. The zero-order chi connectivity index (χ0) is 15.1. The van der Waals surface area contributed by atoms with Crippen molar-refractivity contribution in [2.75, 3.05) is 16.8 Å². The molecular formula is C14H15N3O4. The number of rotatable bonds is 2. The third-order valence-electron chi connectivity index (χ3n) is 3.94. The number of aliphatic hydroxyl groups is 1. The Balaban J connectivity index is 2.04. The molecular weight excluding hydrogens is 274 g/mol. The standard InChI is InChI=1S/C14H15N3O4/c1-16-12-8(7-18)3-2-4-9(12)17(14(16)21)10-5-6-11(19)15-13(10)20/h2-4,7,10,14,21H,5-6H2,1H3,(H,15,19,20). The molecule has 2 atom stereocenters. The van der Waals surface area contributed by atoms with E-state index in [0.717, 1.165) is 6.29 Å². The number of aldehydes is 1. The molecule has 1 saturated heterocycles. The van der Waals surface area contributed by atoms with Gasteiger partial charge in [-0.1, -0.05) is 6.07 Å². The number of para-hydroxylation sites is 1. The van der Waals surface area contributed by atoms with E-state index in [1.165, 1.54) is 0 Å². The van der Waals surface area contributed by atoms with Crippen molar-refractivity contribution >= 4 is 29.5 Å².